The van der Waals surface area contributed by atoms with Gasteiger partial charge in [0.2, 0.25) is 17.7 Å². The minimum Gasteiger partial charge on any atom is -0.504 e. The molecule has 0 radical (unpaired) electrons. The molecule has 0 saturated carbocycles. The number of nitrogens with zero attached hydrogens (tertiary/aromatic N) is 1. The first-order valence-corrected chi connectivity index (χ1v) is 10.1. The van der Waals surface area contributed by atoms with Gasteiger partial charge >= 0.3 is 0 Å². The van der Waals surface area contributed by atoms with Crippen molar-refractivity contribution in [3.63, 3.8) is 0 Å². The summed E-state index contributed by atoms with van der Waals surface area (Å²) >= 11 is 0. The van der Waals surface area contributed by atoms with E-state index in [1.807, 2.05) is 0 Å². The Balaban J connectivity index is 2.04. The summed E-state index contributed by atoms with van der Waals surface area (Å²) in [5.74, 6) is -2.40. The minimum atomic E-state index is -0.979. The number of carbonyl (C=O) groups excluding carboxylic acids is 3. The number of nitrogens with two attached hydrogens (primary N) is 2. The Morgan fingerprint density at radius 2 is 1.91 bits per heavy atom. The highest BCUT2D eigenvalue weighted by molar-refractivity contribution is 5.96. The van der Waals surface area contributed by atoms with Crippen LogP contribution in [0.15, 0.2) is 36.8 Å². The third kappa shape index (κ3) is 7.76. The lowest BCUT2D eigenvalue weighted by Crippen LogP contribution is -2.53. The molecule has 11 heteroatoms. The number of carbonyl (C=O) groups is 3. The van der Waals surface area contributed by atoms with Crippen LogP contribution in [0, 0.1) is 0 Å². The maximum Gasteiger partial charge on any atom is 0.244 e. The van der Waals surface area contributed by atoms with Gasteiger partial charge in [-0.05, 0) is 49.6 Å². The number of phenolic OH excluding ortho intramolecular Hbond substituents is 2. The summed E-state index contributed by atoms with van der Waals surface area (Å²) in [5, 5.41) is 24.1. The van der Waals surface area contributed by atoms with E-state index in [-0.39, 0.29) is 17.9 Å². The van der Waals surface area contributed by atoms with Crippen molar-refractivity contribution in [1.29, 1.82) is 0 Å². The lowest BCUT2D eigenvalue weighted by molar-refractivity contribution is -0.130. The third-order valence-corrected chi connectivity index (χ3v) is 4.65. The molecule has 1 heterocycles. The Morgan fingerprint density at radius 3 is 2.53 bits per heavy atom. The number of hydrogen-bond acceptors (Lipinski definition) is 7. The van der Waals surface area contributed by atoms with Crippen LogP contribution in [0.3, 0.4) is 0 Å². The fourth-order valence-electron chi connectivity index (χ4n) is 2.91. The van der Waals surface area contributed by atoms with Gasteiger partial charge in [-0.15, -0.1) is 0 Å². The number of nitrogens with one attached hydrogen (secondary N) is 3. The topological polar surface area (TPSA) is 196 Å². The first-order chi connectivity index (χ1) is 15.3. The van der Waals surface area contributed by atoms with Gasteiger partial charge in [0, 0.05) is 24.4 Å². The monoisotopic (exact) mass is 444 g/mol. The van der Waals surface area contributed by atoms with E-state index in [0.717, 1.165) is 0 Å². The van der Waals surface area contributed by atoms with Crippen molar-refractivity contribution < 1.29 is 24.6 Å². The number of benzene rings is 1. The Morgan fingerprint density at radius 1 is 1.12 bits per heavy atom. The Labute approximate surface area is 184 Å². The summed E-state index contributed by atoms with van der Waals surface area (Å²) in [4.78, 5) is 43.7. The van der Waals surface area contributed by atoms with Crippen molar-refractivity contribution in [2.45, 2.75) is 37.8 Å². The van der Waals surface area contributed by atoms with Gasteiger partial charge < -0.3 is 37.3 Å². The van der Waals surface area contributed by atoms with Crippen molar-refractivity contribution in [2.75, 3.05) is 6.54 Å². The average molecular weight is 444 g/mol. The smallest absolute Gasteiger partial charge is 0.244 e. The van der Waals surface area contributed by atoms with Crippen molar-refractivity contribution >= 4 is 23.8 Å². The van der Waals surface area contributed by atoms with Crippen LogP contribution in [0.2, 0.25) is 0 Å². The second kappa shape index (κ2) is 12.1. The average Bonchev–Trinajstić information content (AvgIpc) is 3.26. The quantitative estimate of drug-likeness (QED) is 0.132. The molecule has 2 aromatic rings. The zero-order valence-corrected chi connectivity index (χ0v) is 17.5. The zero-order valence-electron chi connectivity index (χ0n) is 17.5. The number of H-pyrrole nitrogens is 1. The summed E-state index contributed by atoms with van der Waals surface area (Å²) in [6, 6.07) is 2.21. The summed E-state index contributed by atoms with van der Waals surface area (Å²) in [7, 11) is 0. The molecule has 2 rings (SSSR count). The van der Waals surface area contributed by atoms with Crippen LogP contribution in [-0.2, 0) is 20.8 Å². The standard InChI is InChI=1S/C21H28N6O5/c22-8-2-1-3-15(21(32)27-16(20(23)31)10-14-11-24-12-25-14)26-19(30)7-5-13-4-6-17(28)18(29)9-13/h4-7,9,11-12,15-16,28-29H,1-3,8,10,22H2,(H2,23,31)(H,24,25)(H,26,30)(H,27,32)/b7-5+/t15-,16-/m0/s1. The normalized spacial score (nSPS) is 12.9. The van der Waals surface area contributed by atoms with Gasteiger partial charge in [-0.1, -0.05) is 6.07 Å². The SMILES string of the molecule is NCCCC[C@H](NC(=O)/C=C/c1ccc(O)c(O)c1)C(=O)N[C@@H](Cc1cnc[nH]1)C(N)=O. The predicted molar refractivity (Wildman–Crippen MR) is 117 cm³/mol. The van der Waals surface area contributed by atoms with E-state index in [1.54, 1.807) is 0 Å². The first kappa shape index (κ1) is 24.4. The Kier molecular flexibility index (Phi) is 9.23. The minimum absolute atomic E-state index is 0.134. The van der Waals surface area contributed by atoms with E-state index in [0.29, 0.717) is 37.1 Å². The second-order valence-corrected chi connectivity index (χ2v) is 7.17. The predicted octanol–water partition coefficient (Wildman–Crippen LogP) is -0.339. The molecule has 0 aliphatic carbocycles. The van der Waals surface area contributed by atoms with Crippen molar-refractivity contribution in [3.05, 3.63) is 48.1 Å². The number of aromatic nitrogens is 2. The molecule has 0 fully saturated rings. The summed E-state index contributed by atoms with van der Waals surface area (Å²) < 4.78 is 0. The number of amides is 3. The Hall–Kier alpha value is -3.86. The van der Waals surface area contributed by atoms with E-state index in [4.69, 9.17) is 11.5 Å². The summed E-state index contributed by atoms with van der Waals surface area (Å²) in [6.45, 7) is 0.441. The van der Waals surface area contributed by atoms with E-state index >= 15 is 0 Å². The fraction of sp³-hybridized carbons (Fsp3) is 0.333. The van der Waals surface area contributed by atoms with E-state index in [2.05, 4.69) is 20.6 Å². The van der Waals surface area contributed by atoms with Crippen LogP contribution < -0.4 is 22.1 Å². The van der Waals surface area contributed by atoms with E-state index in [1.165, 1.54) is 42.9 Å². The number of primary amides is 1. The van der Waals surface area contributed by atoms with Crippen molar-refractivity contribution in [2.24, 2.45) is 11.5 Å². The number of rotatable bonds is 12. The lowest BCUT2D eigenvalue weighted by Gasteiger charge is -2.21. The van der Waals surface area contributed by atoms with Crippen LogP contribution >= 0.6 is 0 Å². The number of imidazole rings is 1. The van der Waals surface area contributed by atoms with Gasteiger partial charge in [0.25, 0.3) is 0 Å². The molecule has 0 saturated heterocycles. The van der Waals surface area contributed by atoms with E-state index < -0.39 is 29.8 Å². The van der Waals surface area contributed by atoms with Crippen molar-refractivity contribution in [1.82, 2.24) is 20.6 Å². The maximum atomic E-state index is 12.8. The highest BCUT2D eigenvalue weighted by Crippen LogP contribution is 2.25. The van der Waals surface area contributed by atoms with E-state index in [9.17, 15) is 24.6 Å². The molecule has 0 spiro atoms. The molecule has 0 aliphatic heterocycles. The highest BCUT2D eigenvalue weighted by Gasteiger charge is 2.25. The largest absolute Gasteiger partial charge is 0.504 e. The van der Waals surface area contributed by atoms with Crippen LogP contribution in [0.25, 0.3) is 6.08 Å². The molecule has 0 bridgehead atoms. The highest BCUT2D eigenvalue weighted by atomic mass is 16.3. The molecular weight excluding hydrogens is 416 g/mol. The molecule has 9 N–H and O–H groups in total. The van der Waals surface area contributed by atoms with Crippen LogP contribution in [-0.4, -0.2) is 56.5 Å². The van der Waals surface area contributed by atoms with Crippen LogP contribution in [0.4, 0.5) is 0 Å². The number of unbranched alkanes of at least 4 members (excludes halogenated alkanes) is 1. The number of hydrogen-bond donors (Lipinski definition) is 7. The van der Waals surface area contributed by atoms with Gasteiger partial charge in [0.15, 0.2) is 11.5 Å². The van der Waals surface area contributed by atoms with Crippen molar-refractivity contribution in [3.8, 4) is 11.5 Å². The van der Waals surface area contributed by atoms with Crippen LogP contribution in [0.1, 0.15) is 30.5 Å². The zero-order chi connectivity index (χ0) is 23.5. The molecule has 1 aromatic carbocycles. The van der Waals surface area contributed by atoms with Gasteiger partial charge in [-0.25, -0.2) is 4.98 Å². The van der Waals surface area contributed by atoms with Gasteiger partial charge in [0.05, 0.1) is 6.33 Å². The van der Waals surface area contributed by atoms with Gasteiger partial charge in [0.1, 0.15) is 12.1 Å². The number of aromatic amines is 1. The maximum absolute atomic E-state index is 12.8. The molecule has 0 aliphatic rings. The molecule has 1 aromatic heterocycles. The first-order valence-electron chi connectivity index (χ1n) is 10.1. The summed E-state index contributed by atoms with van der Waals surface area (Å²) in [6.07, 6.45) is 7.30. The number of phenols is 2. The summed E-state index contributed by atoms with van der Waals surface area (Å²) in [5.41, 5.74) is 12.0. The molecule has 11 nitrogen and oxygen atoms in total. The lowest BCUT2D eigenvalue weighted by atomic mass is 10.1. The Bertz CT molecular complexity index is 944. The molecule has 2 atom stereocenters. The molecule has 32 heavy (non-hydrogen) atoms. The van der Waals surface area contributed by atoms with Gasteiger partial charge in [-0.3, -0.25) is 14.4 Å². The molecule has 3 amide bonds. The molecule has 172 valence electrons. The number of aromatic hydroxyl groups is 2. The molecule has 0 unspecified atom stereocenters. The second-order valence-electron chi connectivity index (χ2n) is 7.17. The third-order valence-electron chi connectivity index (χ3n) is 4.65. The fourth-order valence-corrected chi connectivity index (χ4v) is 2.91. The van der Waals surface area contributed by atoms with Crippen LogP contribution in [0.5, 0.6) is 11.5 Å². The van der Waals surface area contributed by atoms with Gasteiger partial charge in [-0.2, -0.15) is 0 Å². The molecular formula is C21H28N6O5.